The number of hydrogen-bond acceptors (Lipinski definition) is 3. The molecule has 0 unspecified atom stereocenters. The van der Waals surface area contributed by atoms with Crippen molar-refractivity contribution in [2.75, 3.05) is 20.3 Å². The van der Waals surface area contributed by atoms with Crippen molar-refractivity contribution in [2.45, 2.75) is 12.7 Å². The molecule has 1 aromatic rings. The molecule has 0 aromatic carbocycles. The zero-order valence-corrected chi connectivity index (χ0v) is 10.4. The fourth-order valence-corrected chi connectivity index (χ4v) is 1.20. The molecule has 4 nitrogen and oxygen atoms in total. The minimum Gasteiger partial charge on any atom is -0.383 e. The highest BCUT2D eigenvalue weighted by Crippen LogP contribution is 2.28. The Labute approximate surface area is 104 Å². The molecule has 0 radical (unpaired) electrons. The Morgan fingerprint density at radius 2 is 2.12 bits per heavy atom. The summed E-state index contributed by atoms with van der Waals surface area (Å²) >= 11 is 0. The van der Waals surface area contributed by atoms with Gasteiger partial charge in [0.05, 0.1) is 12.3 Å². The Morgan fingerprint density at radius 1 is 1.47 bits per heavy atom. The van der Waals surface area contributed by atoms with E-state index in [-0.39, 0.29) is 12.4 Å². The Balaban J connectivity index is 0.00000256. The van der Waals surface area contributed by atoms with Crippen LogP contribution in [0.1, 0.15) is 11.4 Å². The highest BCUT2D eigenvalue weighted by atomic mass is 35.5. The van der Waals surface area contributed by atoms with Crippen LogP contribution in [0.3, 0.4) is 0 Å². The van der Waals surface area contributed by atoms with Crippen molar-refractivity contribution in [1.29, 1.82) is 0 Å². The predicted octanol–water partition coefficient (Wildman–Crippen LogP) is 1.60. The molecule has 1 N–H and O–H groups in total. The molecular formula is C9H15ClF3N3O. The van der Waals surface area contributed by atoms with Gasteiger partial charge in [-0.05, 0) is 6.07 Å². The van der Waals surface area contributed by atoms with Gasteiger partial charge in [-0.3, -0.25) is 4.68 Å². The molecule has 0 saturated carbocycles. The zero-order chi connectivity index (χ0) is 12.2. The van der Waals surface area contributed by atoms with E-state index >= 15 is 0 Å². The van der Waals surface area contributed by atoms with Crippen LogP contribution in [0, 0.1) is 0 Å². The number of methoxy groups -OCH3 is 1. The summed E-state index contributed by atoms with van der Waals surface area (Å²) in [4.78, 5) is 0. The first kappa shape index (κ1) is 16.2. The number of alkyl halides is 3. The normalized spacial score (nSPS) is 11.4. The van der Waals surface area contributed by atoms with Crippen molar-refractivity contribution in [3.05, 3.63) is 17.5 Å². The van der Waals surface area contributed by atoms with Gasteiger partial charge in [0.25, 0.3) is 0 Å². The van der Waals surface area contributed by atoms with Crippen LogP contribution in [0.5, 0.6) is 0 Å². The maximum absolute atomic E-state index is 12.3. The molecule has 0 aliphatic carbocycles. The van der Waals surface area contributed by atoms with Crippen LogP contribution in [-0.2, 0) is 24.5 Å². The number of aryl methyl sites for hydroxylation is 1. The Hall–Kier alpha value is -0.790. The van der Waals surface area contributed by atoms with E-state index in [2.05, 4.69) is 10.4 Å². The van der Waals surface area contributed by atoms with E-state index in [1.807, 2.05) is 0 Å². The van der Waals surface area contributed by atoms with Gasteiger partial charge in [0.1, 0.15) is 0 Å². The number of nitrogens with zero attached hydrogens (tertiary/aromatic N) is 2. The molecule has 0 atom stereocenters. The number of halogens is 4. The fourth-order valence-electron chi connectivity index (χ4n) is 1.20. The second kappa shape index (κ2) is 6.83. The summed E-state index contributed by atoms with van der Waals surface area (Å²) in [7, 11) is 3.05. The van der Waals surface area contributed by atoms with E-state index in [9.17, 15) is 13.2 Å². The largest absolute Gasteiger partial charge is 0.435 e. The molecule has 0 fully saturated rings. The van der Waals surface area contributed by atoms with Gasteiger partial charge in [0.15, 0.2) is 5.69 Å². The molecule has 1 heterocycles. The molecule has 0 aliphatic heterocycles. The summed E-state index contributed by atoms with van der Waals surface area (Å²) in [6, 6.07) is 1.04. The van der Waals surface area contributed by atoms with Crippen LogP contribution in [0.2, 0.25) is 0 Å². The van der Waals surface area contributed by atoms with E-state index in [4.69, 9.17) is 4.74 Å². The highest BCUT2D eigenvalue weighted by Gasteiger charge is 2.34. The number of nitrogens with one attached hydrogen (secondary N) is 1. The van der Waals surface area contributed by atoms with Crippen molar-refractivity contribution < 1.29 is 17.9 Å². The number of hydrogen-bond donors (Lipinski definition) is 1. The summed E-state index contributed by atoms with van der Waals surface area (Å²) in [6.45, 7) is 1.44. The first-order valence-corrected chi connectivity index (χ1v) is 4.75. The zero-order valence-electron chi connectivity index (χ0n) is 9.54. The van der Waals surface area contributed by atoms with E-state index < -0.39 is 11.9 Å². The van der Waals surface area contributed by atoms with Gasteiger partial charge in [0.2, 0.25) is 0 Å². The van der Waals surface area contributed by atoms with Crippen molar-refractivity contribution in [3.63, 3.8) is 0 Å². The van der Waals surface area contributed by atoms with Crippen LogP contribution in [0.15, 0.2) is 6.07 Å². The van der Waals surface area contributed by atoms with Crippen LogP contribution < -0.4 is 5.32 Å². The summed E-state index contributed by atoms with van der Waals surface area (Å²) in [6.07, 6.45) is -4.39. The first-order valence-electron chi connectivity index (χ1n) is 4.75. The van der Waals surface area contributed by atoms with Gasteiger partial charge in [-0.1, -0.05) is 0 Å². The van der Waals surface area contributed by atoms with Gasteiger partial charge in [-0.15, -0.1) is 12.4 Å². The minimum atomic E-state index is -4.39. The van der Waals surface area contributed by atoms with Gasteiger partial charge >= 0.3 is 6.18 Å². The Morgan fingerprint density at radius 3 is 2.59 bits per heavy atom. The maximum atomic E-state index is 12.3. The smallest absolute Gasteiger partial charge is 0.383 e. The third-order valence-corrected chi connectivity index (χ3v) is 2.06. The van der Waals surface area contributed by atoms with Crippen LogP contribution in [0.4, 0.5) is 13.2 Å². The summed E-state index contributed by atoms with van der Waals surface area (Å²) in [5.41, 5.74) is -0.373. The summed E-state index contributed by atoms with van der Waals surface area (Å²) < 4.78 is 43.0. The van der Waals surface area contributed by atoms with E-state index in [1.165, 1.54) is 11.7 Å². The van der Waals surface area contributed by atoms with Crippen molar-refractivity contribution in [2.24, 2.45) is 7.05 Å². The van der Waals surface area contributed by atoms with Crippen molar-refractivity contribution >= 4 is 12.4 Å². The van der Waals surface area contributed by atoms with E-state index in [0.717, 1.165) is 6.07 Å². The molecule has 17 heavy (non-hydrogen) atoms. The predicted molar refractivity (Wildman–Crippen MR) is 59.0 cm³/mol. The lowest BCUT2D eigenvalue weighted by Gasteiger charge is -2.03. The Bertz CT molecular complexity index is 341. The quantitative estimate of drug-likeness (QED) is 0.828. The van der Waals surface area contributed by atoms with Gasteiger partial charge < -0.3 is 10.1 Å². The second-order valence-corrected chi connectivity index (χ2v) is 3.31. The molecule has 0 saturated heterocycles. The van der Waals surface area contributed by atoms with Gasteiger partial charge in [0, 0.05) is 27.2 Å². The van der Waals surface area contributed by atoms with Crippen LogP contribution >= 0.6 is 12.4 Å². The standard InChI is InChI=1S/C9H14F3N3O.ClH/c1-15-7(6-13-3-4-16-2)5-8(14-15)9(10,11)12;/h5,13H,3-4,6H2,1-2H3;1H. The fraction of sp³-hybridized carbons (Fsp3) is 0.667. The van der Waals surface area contributed by atoms with Crippen LogP contribution in [0.25, 0.3) is 0 Å². The number of rotatable bonds is 5. The number of ether oxygens (including phenoxy) is 1. The molecule has 0 amide bonds. The lowest BCUT2D eigenvalue weighted by Crippen LogP contribution is -2.20. The summed E-state index contributed by atoms with van der Waals surface area (Å²) in [5.74, 6) is 0. The third-order valence-electron chi connectivity index (χ3n) is 2.06. The highest BCUT2D eigenvalue weighted by molar-refractivity contribution is 5.85. The monoisotopic (exact) mass is 273 g/mol. The average Bonchev–Trinajstić information content (AvgIpc) is 2.55. The molecular weight excluding hydrogens is 259 g/mol. The van der Waals surface area contributed by atoms with Crippen LogP contribution in [-0.4, -0.2) is 30.0 Å². The average molecular weight is 274 g/mol. The first-order chi connectivity index (χ1) is 7.45. The SMILES string of the molecule is COCCNCc1cc(C(F)(F)F)nn1C.Cl. The Kier molecular flexibility index (Phi) is 6.51. The topological polar surface area (TPSA) is 39.1 Å². The molecule has 0 aliphatic rings. The van der Waals surface area contributed by atoms with Gasteiger partial charge in [-0.25, -0.2) is 0 Å². The molecule has 1 aromatic heterocycles. The summed E-state index contributed by atoms with van der Waals surface area (Å²) in [5, 5.41) is 6.36. The molecule has 8 heteroatoms. The van der Waals surface area contributed by atoms with Crippen molar-refractivity contribution in [3.8, 4) is 0 Å². The maximum Gasteiger partial charge on any atom is 0.435 e. The lowest BCUT2D eigenvalue weighted by atomic mass is 10.3. The molecule has 1 rings (SSSR count). The third kappa shape index (κ3) is 4.93. The van der Waals surface area contributed by atoms with Gasteiger partial charge in [-0.2, -0.15) is 18.3 Å². The lowest BCUT2D eigenvalue weighted by molar-refractivity contribution is -0.141. The minimum absolute atomic E-state index is 0. The molecule has 100 valence electrons. The molecule has 0 spiro atoms. The molecule has 0 bridgehead atoms. The second-order valence-electron chi connectivity index (χ2n) is 3.31. The number of aromatic nitrogens is 2. The van der Waals surface area contributed by atoms with E-state index in [1.54, 1.807) is 7.11 Å². The van der Waals surface area contributed by atoms with E-state index in [0.29, 0.717) is 25.4 Å². The van der Waals surface area contributed by atoms with Crippen molar-refractivity contribution in [1.82, 2.24) is 15.1 Å².